The molecule has 0 aromatic carbocycles. The third-order valence-electron chi connectivity index (χ3n) is 3.99. The number of nitrogens with zero attached hydrogens (tertiary/aromatic N) is 2. The molecular formula is C13H20N4. The summed E-state index contributed by atoms with van der Waals surface area (Å²) < 4.78 is 0. The Morgan fingerprint density at radius 1 is 1.35 bits per heavy atom. The van der Waals surface area contributed by atoms with Crippen molar-refractivity contribution >= 4 is 11.5 Å². The Hall–Kier alpha value is -1.29. The predicted molar refractivity (Wildman–Crippen MR) is 70.0 cm³/mol. The molecule has 2 fully saturated rings. The van der Waals surface area contributed by atoms with Crippen LogP contribution < -0.4 is 11.1 Å². The van der Waals surface area contributed by atoms with E-state index in [0.717, 1.165) is 17.2 Å². The van der Waals surface area contributed by atoms with Crippen LogP contribution >= 0.6 is 0 Å². The van der Waals surface area contributed by atoms with Crippen LogP contribution in [-0.4, -0.2) is 35.1 Å². The number of aromatic nitrogens is 1. The molecule has 92 valence electrons. The molecular weight excluding hydrogens is 212 g/mol. The van der Waals surface area contributed by atoms with E-state index in [0.29, 0.717) is 12.1 Å². The van der Waals surface area contributed by atoms with Gasteiger partial charge >= 0.3 is 0 Å². The number of fused-ring (bicyclic) bond motifs is 1. The van der Waals surface area contributed by atoms with Gasteiger partial charge in [0.05, 0.1) is 5.69 Å². The Bertz CT molecular complexity index is 418. The zero-order valence-electron chi connectivity index (χ0n) is 10.3. The summed E-state index contributed by atoms with van der Waals surface area (Å²) in [6.45, 7) is 4.48. The summed E-state index contributed by atoms with van der Waals surface area (Å²) in [5.74, 6) is 0.865. The maximum atomic E-state index is 5.97. The van der Waals surface area contributed by atoms with Gasteiger partial charge in [0.2, 0.25) is 0 Å². The average molecular weight is 232 g/mol. The smallest absolute Gasteiger partial charge is 0.149 e. The van der Waals surface area contributed by atoms with E-state index in [2.05, 4.69) is 15.2 Å². The highest BCUT2D eigenvalue weighted by atomic mass is 15.2. The van der Waals surface area contributed by atoms with E-state index in [1.54, 1.807) is 0 Å². The molecule has 0 saturated carbocycles. The van der Waals surface area contributed by atoms with Crippen LogP contribution in [-0.2, 0) is 0 Å². The molecule has 1 aromatic rings. The van der Waals surface area contributed by atoms with Gasteiger partial charge in [0.1, 0.15) is 5.82 Å². The zero-order chi connectivity index (χ0) is 11.8. The second-order valence-corrected chi connectivity index (χ2v) is 5.18. The Morgan fingerprint density at radius 2 is 2.24 bits per heavy atom. The molecule has 2 saturated heterocycles. The van der Waals surface area contributed by atoms with Crippen LogP contribution in [0.1, 0.15) is 25.0 Å². The van der Waals surface area contributed by atoms with Gasteiger partial charge < -0.3 is 11.1 Å². The standard InChI is InChI=1S/C13H20N4/c1-9-4-5-10(14)13(15-9)16-11-6-8-17-7-2-3-12(11)17/h4-5,11-12H,2-3,6-8,14H2,1H3,(H,15,16). The molecule has 3 rings (SSSR count). The van der Waals surface area contributed by atoms with Gasteiger partial charge in [0, 0.05) is 24.3 Å². The van der Waals surface area contributed by atoms with E-state index in [9.17, 15) is 0 Å². The molecule has 1 aromatic heterocycles. The van der Waals surface area contributed by atoms with Crippen molar-refractivity contribution in [3.63, 3.8) is 0 Å². The summed E-state index contributed by atoms with van der Waals surface area (Å²) in [6.07, 6.45) is 3.85. The first-order chi connectivity index (χ1) is 8.24. The number of nitrogen functional groups attached to an aromatic ring is 1. The SMILES string of the molecule is Cc1ccc(N)c(NC2CCN3CCCC23)n1. The van der Waals surface area contributed by atoms with Crippen molar-refractivity contribution < 1.29 is 0 Å². The van der Waals surface area contributed by atoms with Crippen molar-refractivity contribution in [2.24, 2.45) is 0 Å². The van der Waals surface area contributed by atoms with Crippen molar-refractivity contribution in [1.29, 1.82) is 0 Å². The second kappa shape index (κ2) is 4.18. The third-order valence-corrected chi connectivity index (χ3v) is 3.99. The molecule has 2 unspecified atom stereocenters. The first-order valence-electron chi connectivity index (χ1n) is 6.48. The maximum absolute atomic E-state index is 5.97. The minimum Gasteiger partial charge on any atom is -0.396 e. The molecule has 2 atom stereocenters. The molecule has 17 heavy (non-hydrogen) atoms. The molecule has 0 aliphatic carbocycles. The van der Waals surface area contributed by atoms with Gasteiger partial charge in [0.25, 0.3) is 0 Å². The molecule has 0 bridgehead atoms. The van der Waals surface area contributed by atoms with Gasteiger partial charge in [-0.1, -0.05) is 0 Å². The fourth-order valence-corrected chi connectivity index (χ4v) is 3.11. The van der Waals surface area contributed by atoms with Crippen LogP contribution in [0.2, 0.25) is 0 Å². The summed E-state index contributed by atoms with van der Waals surface area (Å²) in [4.78, 5) is 7.08. The van der Waals surface area contributed by atoms with Gasteiger partial charge in [-0.3, -0.25) is 4.90 Å². The summed E-state index contributed by atoms with van der Waals surface area (Å²) in [5, 5.41) is 3.54. The van der Waals surface area contributed by atoms with E-state index >= 15 is 0 Å². The second-order valence-electron chi connectivity index (χ2n) is 5.18. The fraction of sp³-hybridized carbons (Fsp3) is 0.615. The highest BCUT2D eigenvalue weighted by molar-refractivity contribution is 5.61. The van der Waals surface area contributed by atoms with Crippen molar-refractivity contribution in [2.75, 3.05) is 24.1 Å². The number of nitrogens with two attached hydrogens (primary N) is 1. The summed E-state index contributed by atoms with van der Waals surface area (Å²) in [7, 11) is 0. The minimum absolute atomic E-state index is 0.522. The lowest BCUT2D eigenvalue weighted by atomic mass is 10.1. The van der Waals surface area contributed by atoms with Crippen LogP contribution in [0.15, 0.2) is 12.1 Å². The number of hydrogen-bond acceptors (Lipinski definition) is 4. The van der Waals surface area contributed by atoms with E-state index in [4.69, 9.17) is 5.73 Å². The third kappa shape index (κ3) is 1.97. The monoisotopic (exact) mass is 232 g/mol. The van der Waals surface area contributed by atoms with Crippen molar-refractivity contribution in [1.82, 2.24) is 9.88 Å². The van der Waals surface area contributed by atoms with Gasteiger partial charge in [-0.2, -0.15) is 0 Å². The van der Waals surface area contributed by atoms with Crippen LogP contribution in [0.4, 0.5) is 11.5 Å². The maximum Gasteiger partial charge on any atom is 0.149 e. The van der Waals surface area contributed by atoms with E-state index in [1.165, 1.54) is 32.4 Å². The number of hydrogen-bond donors (Lipinski definition) is 2. The lowest BCUT2D eigenvalue weighted by Gasteiger charge is -2.22. The molecule has 0 radical (unpaired) electrons. The van der Waals surface area contributed by atoms with Gasteiger partial charge in [-0.05, 0) is 44.9 Å². The lowest BCUT2D eigenvalue weighted by molar-refractivity contribution is 0.318. The minimum atomic E-state index is 0.522. The molecule has 4 nitrogen and oxygen atoms in total. The van der Waals surface area contributed by atoms with Crippen LogP contribution in [0.25, 0.3) is 0 Å². The fourth-order valence-electron chi connectivity index (χ4n) is 3.11. The average Bonchev–Trinajstić information content (AvgIpc) is 2.88. The first-order valence-corrected chi connectivity index (χ1v) is 6.48. The molecule has 3 heterocycles. The zero-order valence-corrected chi connectivity index (χ0v) is 10.3. The summed E-state index contributed by atoms with van der Waals surface area (Å²) in [5.41, 5.74) is 7.74. The highest BCUT2D eigenvalue weighted by Crippen LogP contribution is 2.30. The van der Waals surface area contributed by atoms with Crippen molar-refractivity contribution in [3.05, 3.63) is 17.8 Å². The van der Waals surface area contributed by atoms with Crippen molar-refractivity contribution in [3.8, 4) is 0 Å². The Balaban J connectivity index is 1.76. The van der Waals surface area contributed by atoms with E-state index < -0.39 is 0 Å². The first kappa shape index (κ1) is 10.8. The van der Waals surface area contributed by atoms with E-state index in [1.807, 2.05) is 19.1 Å². The highest BCUT2D eigenvalue weighted by Gasteiger charge is 2.37. The number of pyridine rings is 1. The normalized spacial score (nSPS) is 28.3. The Morgan fingerprint density at radius 3 is 3.12 bits per heavy atom. The predicted octanol–water partition coefficient (Wildman–Crippen LogP) is 1.62. The topological polar surface area (TPSA) is 54.2 Å². The molecule has 0 amide bonds. The van der Waals surface area contributed by atoms with Crippen LogP contribution in [0.5, 0.6) is 0 Å². The molecule has 2 aliphatic rings. The lowest BCUT2D eigenvalue weighted by Crippen LogP contribution is -2.34. The van der Waals surface area contributed by atoms with Gasteiger partial charge in [-0.15, -0.1) is 0 Å². The number of rotatable bonds is 2. The molecule has 3 N–H and O–H groups in total. The molecule has 4 heteroatoms. The Kier molecular flexibility index (Phi) is 2.67. The van der Waals surface area contributed by atoms with Gasteiger partial charge in [0.15, 0.2) is 0 Å². The summed E-state index contributed by atoms with van der Waals surface area (Å²) >= 11 is 0. The number of nitrogens with one attached hydrogen (secondary N) is 1. The van der Waals surface area contributed by atoms with Crippen LogP contribution in [0.3, 0.4) is 0 Å². The quantitative estimate of drug-likeness (QED) is 0.813. The Labute approximate surface area is 102 Å². The largest absolute Gasteiger partial charge is 0.396 e. The van der Waals surface area contributed by atoms with E-state index in [-0.39, 0.29) is 0 Å². The number of aryl methyl sites for hydroxylation is 1. The van der Waals surface area contributed by atoms with Crippen LogP contribution in [0, 0.1) is 6.92 Å². The van der Waals surface area contributed by atoms with Gasteiger partial charge in [-0.25, -0.2) is 4.98 Å². The molecule has 2 aliphatic heterocycles. The van der Waals surface area contributed by atoms with Crippen molar-refractivity contribution in [2.45, 2.75) is 38.3 Å². The summed E-state index contributed by atoms with van der Waals surface area (Å²) in [6, 6.07) is 5.11. The molecule has 0 spiro atoms. The number of anilines is 2.